The summed E-state index contributed by atoms with van der Waals surface area (Å²) in [6.45, 7) is 1.90. The SMILES string of the molecule is CC=CCCc1cnc(-c2cc(F)c(C(F)(F)Oc3ccc(-c4ccc(-c5ccc(C#N)c(F)c5)c(F)c4)cc3)c(F)c2)nc1. The molecule has 0 saturated heterocycles. The maximum absolute atomic E-state index is 15.0. The molecular formula is C35H23F6N3O. The maximum atomic E-state index is 15.0. The van der Waals surface area contributed by atoms with Crippen LogP contribution in [0.1, 0.15) is 30.0 Å². The van der Waals surface area contributed by atoms with Gasteiger partial charge in [-0.3, -0.25) is 0 Å². The average Bonchev–Trinajstić information content (AvgIpc) is 3.01. The molecule has 1 aromatic heterocycles. The molecule has 0 saturated carbocycles. The predicted octanol–water partition coefficient (Wildman–Crippen LogP) is 9.54. The van der Waals surface area contributed by atoms with Crippen LogP contribution in [0.3, 0.4) is 0 Å². The molecule has 0 spiro atoms. The van der Waals surface area contributed by atoms with Crippen molar-refractivity contribution < 1.29 is 31.1 Å². The molecule has 0 atom stereocenters. The third-order valence-corrected chi connectivity index (χ3v) is 6.94. The van der Waals surface area contributed by atoms with E-state index < -0.39 is 40.7 Å². The van der Waals surface area contributed by atoms with Crippen molar-refractivity contribution in [1.82, 2.24) is 9.97 Å². The molecule has 5 rings (SSSR count). The average molecular weight is 616 g/mol. The first kappa shape index (κ1) is 31.0. The fourth-order valence-corrected chi connectivity index (χ4v) is 4.65. The van der Waals surface area contributed by atoms with E-state index in [0.29, 0.717) is 17.5 Å². The van der Waals surface area contributed by atoms with Gasteiger partial charge < -0.3 is 4.74 Å². The molecule has 4 nitrogen and oxygen atoms in total. The number of nitrogens with zero attached hydrogens (tertiary/aromatic N) is 3. The second kappa shape index (κ2) is 13.1. The highest BCUT2D eigenvalue weighted by atomic mass is 19.3. The van der Waals surface area contributed by atoms with E-state index in [1.807, 2.05) is 19.1 Å². The summed E-state index contributed by atoms with van der Waals surface area (Å²) in [6, 6.07) is 16.1. The number of alkyl halides is 2. The van der Waals surface area contributed by atoms with Crippen LogP contribution < -0.4 is 4.74 Å². The van der Waals surface area contributed by atoms with Crippen molar-refractivity contribution in [2.24, 2.45) is 0 Å². The molecule has 45 heavy (non-hydrogen) atoms. The van der Waals surface area contributed by atoms with Gasteiger partial charge in [-0.05, 0) is 84.5 Å². The Labute approximate surface area is 254 Å². The Morgan fingerprint density at radius 2 is 1.36 bits per heavy atom. The summed E-state index contributed by atoms with van der Waals surface area (Å²) in [5.74, 6) is -4.95. The Morgan fingerprint density at radius 3 is 1.96 bits per heavy atom. The standard InChI is InChI=1S/C35H23F6N3O/c1-2-3-4-5-21-19-43-34(44-20-21)26-16-31(38)33(32(39)17-26)35(40,41)45-27-11-8-22(9-12-27)23-10-13-28(30(37)14-23)24-6-7-25(18-42)29(36)15-24/h2-3,6-17,19-20H,4-5H2,1H3. The predicted molar refractivity (Wildman–Crippen MR) is 157 cm³/mol. The molecule has 0 bridgehead atoms. The van der Waals surface area contributed by atoms with Gasteiger partial charge in [-0.15, -0.1) is 0 Å². The van der Waals surface area contributed by atoms with Gasteiger partial charge in [0.05, 0.1) is 5.56 Å². The second-order valence-corrected chi connectivity index (χ2v) is 9.98. The molecule has 0 N–H and O–H groups in total. The maximum Gasteiger partial charge on any atom is 0.432 e. The Morgan fingerprint density at radius 1 is 0.756 bits per heavy atom. The van der Waals surface area contributed by atoms with Crippen molar-refractivity contribution >= 4 is 0 Å². The Bertz CT molecular complexity index is 1890. The summed E-state index contributed by atoms with van der Waals surface area (Å²) < 4.78 is 93.4. The number of halogens is 6. The molecular weight excluding hydrogens is 592 g/mol. The number of benzene rings is 4. The minimum Gasteiger partial charge on any atom is -0.429 e. The molecule has 0 fully saturated rings. The molecule has 10 heteroatoms. The van der Waals surface area contributed by atoms with Crippen LogP contribution in [0.2, 0.25) is 0 Å². The van der Waals surface area contributed by atoms with E-state index in [4.69, 9.17) is 10.00 Å². The lowest BCUT2D eigenvalue weighted by Gasteiger charge is -2.20. The zero-order valence-corrected chi connectivity index (χ0v) is 23.7. The first-order valence-corrected chi connectivity index (χ1v) is 13.7. The Hall–Kier alpha value is -5.43. The lowest BCUT2D eigenvalue weighted by molar-refractivity contribution is -0.189. The van der Waals surface area contributed by atoms with Crippen molar-refractivity contribution in [2.75, 3.05) is 0 Å². The number of nitriles is 1. The van der Waals surface area contributed by atoms with E-state index in [1.165, 1.54) is 48.8 Å². The summed E-state index contributed by atoms with van der Waals surface area (Å²) in [5, 5.41) is 8.89. The highest BCUT2D eigenvalue weighted by Gasteiger charge is 2.41. The van der Waals surface area contributed by atoms with Gasteiger partial charge in [0.15, 0.2) is 5.82 Å². The Balaban J connectivity index is 1.31. The van der Waals surface area contributed by atoms with Crippen LogP contribution in [-0.4, -0.2) is 9.97 Å². The van der Waals surface area contributed by atoms with Crippen molar-refractivity contribution in [2.45, 2.75) is 25.9 Å². The van der Waals surface area contributed by atoms with E-state index in [-0.39, 0.29) is 28.1 Å². The van der Waals surface area contributed by atoms with Gasteiger partial charge in [-0.2, -0.15) is 14.0 Å². The lowest BCUT2D eigenvalue weighted by Crippen LogP contribution is -2.25. The summed E-state index contributed by atoms with van der Waals surface area (Å²) in [4.78, 5) is 8.20. The summed E-state index contributed by atoms with van der Waals surface area (Å²) >= 11 is 0. The Kier molecular flexibility index (Phi) is 9.00. The largest absolute Gasteiger partial charge is 0.432 e. The molecule has 226 valence electrons. The number of hydrogen-bond donors (Lipinski definition) is 0. The zero-order chi connectivity index (χ0) is 32.1. The number of rotatable bonds is 9. The zero-order valence-electron chi connectivity index (χ0n) is 23.7. The highest BCUT2D eigenvalue weighted by Crippen LogP contribution is 2.37. The van der Waals surface area contributed by atoms with E-state index in [2.05, 4.69) is 9.97 Å². The van der Waals surface area contributed by atoms with E-state index in [1.54, 1.807) is 12.1 Å². The fraction of sp³-hybridized carbons (Fsp3) is 0.114. The van der Waals surface area contributed by atoms with Gasteiger partial charge in [-0.1, -0.05) is 42.5 Å². The van der Waals surface area contributed by atoms with Crippen molar-refractivity contribution in [3.8, 4) is 45.5 Å². The highest BCUT2D eigenvalue weighted by molar-refractivity contribution is 5.72. The van der Waals surface area contributed by atoms with Gasteiger partial charge in [0.1, 0.15) is 40.7 Å². The van der Waals surface area contributed by atoms with Crippen LogP contribution in [0, 0.1) is 34.6 Å². The van der Waals surface area contributed by atoms with Crippen molar-refractivity contribution in [3.63, 3.8) is 0 Å². The number of ether oxygens (including phenoxy) is 1. The monoisotopic (exact) mass is 615 g/mol. The molecule has 0 aliphatic rings. The van der Waals surface area contributed by atoms with Crippen LogP contribution in [0.25, 0.3) is 33.6 Å². The minimum atomic E-state index is -4.38. The van der Waals surface area contributed by atoms with Gasteiger partial charge in [-0.25, -0.2) is 27.5 Å². The van der Waals surface area contributed by atoms with Crippen LogP contribution in [0.5, 0.6) is 5.75 Å². The molecule has 1 heterocycles. The van der Waals surface area contributed by atoms with Crippen LogP contribution in [0.4, 0.5) is 26.3 Å². The first-order valence-electron chi connectivity index (χ1n) is 13.7. The normalized spacial score (nSPS) is 11.5. The lowest BCUT2D eigenvalue weighted by atomic mass is 9.99. The quantitative estimate of drug-likeness (QED) is 0.122. The van der Waals surface area contributed by atoms with Crippen molar-refractivity contribution in [3.05, 3.63) is 137 Å². The van der Waals surface area contributed by atoms with Gasteiger partial charge in [0.25, 0.3) is 0 Å². The second-order valence-electron chi connectivity index (χ2n) is 9.98. The number of hydrogen-bond acceptors (Lipinski definition) is 4. The van der Waals surface area contributed by atoms with Crippen LogP contribution in [-0.2, 0) is 12.5 Å². The van der Waals surface area contributed by atoms with E-state index >= 15 is 8.78 Å². The molecule has 0 amide bonds. The van der Waals surface area contributed by atoms with Crippen LogP contribution in [0.15, 0.2) is 97.3 Å². The van der Waals surface area contributed by atoms with E-state index in [0.717, 1.165) is 42.3 Å². The third-order valence-electron chi connectivity index (χ3n) is 6.94. The molecule has 0 radical (unpaired) electrons. The third kappa shape index (κ3) is 6.88. The topological polar surface area (TPSA) is 58.8 Å². The smallest absolute Gasteiger partial charge is 0.429 e. The molecule has 0 aliphatic carbocycles. The summed E-state index contributed by atoms with van der Waals surface area (Å²) in [5.41, 5.74) is 0.0865. The first-order chi connectivity index (χ1) is 21.6. The number of aryl methyl sites for hydroxylation is 1. The number of allylic oxidation sites excluding steroid dienone is 2. The van der Waals surface area contributed by atoms with Gasteiger partial charge >= 0.3 is 6.11 Å². The van der Waals surface area contributed by atoms with Crippen molar-refractivity contribution in [1.29, 1.82) is 5.26 Å². The van der Waals surface area contributed by atoms with Gasteiger partial charge in [0, 0.05) is 23.5 Å². The molecule has 4 aromatic carbocycles. The van der Waals surface area contributed by atoms with Crippen LogP contribution >= 0.6 is 0 Å². The summed E-state index contributed by atoms with van der Waals surface area (Å²) in [6.07, 6.45) is 3.96. The molecule has 0 aliphatic heterocycles. The van der Waals surface area contributed by atoms with Gasteiger partial charge in [0.2, 0.25) is 0 Å². The molecule has 0 unspecified atom stereocenters. The number of aromatic nitrogens is 2. The fourth-order valence-electron chi connectivity index (χ4n) is 4.65. The summed E-state index contributed by atoms with van der Waals surface area (Å²) in [7, 11) is 0. The minimum absolute atomic E-state index is 0.0255. The van der Waals surface area contributed by atoms with E-state index in [9.17, 15) is 17.6 Å². The molecule has 5 aromatic rings.